The monoisotopic (exact) mass is 381 g/mol. The molecule has 0 aromatic heterocycles. The number of benzene rings is 1. The lowest BCUT2D eigenvalue weighted by Crippen LogP contribution is -2.42. The third kappa shape index (κ3) is 5.54. The third-order valence-corrected chi connectivity index (χ3v) is 6.18. The van der Waals surface area contributed by atoms with E-state index < -0.39 is 10.0 Å². The second kappa shape index (κ2) is 8.64. The van der Waals surface area contributed by atoms with Gasteiger partial charge in [0.05, 0.1) is 4.90 Å². The zero-order valence-electron chi connectivity index (χ0n) is 15.5. The molecule has 2 N–H and O–H groups in total. The Morgan fingerprint density at radius 2 is 1.69 bits per heavy atom. The van der Waals surface area contributed by atoms with Gasteiger partial charge in [-0.05, 0) is 42.5 Å². The van der Waals surface area contributed by atoms with Crippen LogP contribution in [0.3, 0.4) is 0 Å². The van der Waals surface area contributed by atoms with E-state index in [1.54, 1.807) is 16.4 Å². The summed E-state index contributed by atoms with van der Waals surface area (Å²) >= 11 is 0. The Balaban J connectivity index is 1.99. The van der Waals surface area contributed by atoms with Crippen LogP contribution < -0.4 is 10.6 Å². The highest BCUT2D eigenvalue weighted by molar-refractivity contribution is 7.89. The number of amides is 2. The Morgan fingerprint density at radius 3 is 2.23 bits per heavy atom. The molecule has 1 aromatic carbocycles. The van der Waals surface area contributed by atoms with Gasteiger partial charge in [0.2, 0.25) is 21.8 Å². The minimum Gasteiger partial charge on any atom is -0.356 e. The van der Waals surface area contributed by atoms with E-state index in [1.807, 2.05) is 0 Å². The van der Waals surface area contributed by atoms with Crippen LogP contribution in [0.5, 0.6) is 0 Å². The molecule has 1 aliphatic rings. The maximum absolute atomic E-state index is 12.8. The predicted molar refractivity (Wildman–Crippen MR) is 100 cm³/mol. The van der Waals surface area contributed by atoms with Crippen molar-refractivity contribution in [3.8, 4) is 0 Å². The second-order valence-electron chi connectivity index (χ2n) is 7.07. The topological polar surface area (TPSA) is 95.6 Å². The van der Waals surface area contributed by atoms with Crippen LogP contribution in [0.15, 0.2) is 29.2 Å². The zero-order valence-corrected chi connectivity index (χ0v) is 16.3. The minimum atomic E-state index is -3.52. The van der Waals surface area contributed by atoms with Crippen LogP contribution in [0.1, 0.15) is 33.6 Å². The highest BCUT2D eigenvalue weighted by Crippen LogP contribution is 2.27. The summed E-state index contributed by atoms with van der Waals surface area (Å²) in [6.45, 7) is 6.86. The van der Waals surface area contributed by atoms with E-state index in [0.29, 0.717) is 30.6 Å². The Kier molecular flexibility index (Phi) is 6.77. The SMILES string of the molecule is CC(=O)NCCC(=O)Nc1ccc(S(=O)(=O)N2CC(C)CC(C)C2)cc1. The highest BCUT2D eigenvalue weighted by Gasteiger charge is 2.31. The van der Waals surface area contributed by atoms with Crippen molar-refractivity contribution in [1.29, 1.82) is 0 Å². The number of anilines is 1. The van der Waals surface area contributed by atoms with Gasteiger partial charge >= 0.3 is 0 Å². The Morgan fingerprint density at radius 1 is 1.12 bits per heavy atom. The molecule has 0 bridgehead atoms. The molecule has 0 aliphatic carbocycles. The molecule has 8 heteroatoms. The lowest BCUT2D eigenvalue weighted by molar-refractivity contribution is -0.119. The fraction of sp³-hybridized carbons (Fsp3) is 0.556. The molecule has 0 radical (unpaired) electrons. The van der Waals surface area contributed by atoms with Crippen LogP contribution in [0.2, 0.25) is 0 Å². The maximum atomic E-state index is 12.8. The van der Waals surface area contributed by atoms with Crippen molar-refractivity contribution in [2.45, 2.75) is 38.5 Å². The van der Waals surface area contributed by atoms with E-state index in [1.165, 1.54) is 19.1 Å². The van der Waals surface area contributed by atoms with Gasteiger partial charge in [0.25, 0.3) is 0 Å². The maximum Gasteiger partial charge on any atom is 0.243 e. The Hall–Kier alpha value is -1.93. The highest BCUT2D eigenvalue weighted by atomic mass is 32.2. The molecule has 1 fully saturated rings. The Bertz CT molecular complexity index is 736. The number of hydrogen-bond donors (Lipinski definition) is 2. The molecule has 26 heavy (non-hydrogen) atoms. The molecule has 2 unspecified atom stereocenters. The molecule has 2 rings (SSSR count). The van der Waals surface area contributed by atoms with Gasteiger partial charge in [0, 0.05) is 38.7 Å². The van der Waals surface area contributed by atoms with Gasteiger partial charge in [0.15, 0.2) is 0 Å². The summed E-state index contributed by atoms with van der Waals surface area (Å²) < 4.78 is 27.2. The summed E-state index contributed by atoms with van der Waals surface area (Å²) in [5.74, 6) is 0.258. The first-order valence-electron chi connectivity index (χ1n) is 8.83. The molecular formula is C18H27N3O4S. The van der Waals surface area contributed by atoms with Crippen LogP contribution in [-0.2, 0) is 19.6 Å². The van der Waals surface area contributed by atoms with Gasteiger partial charge in [-0.2, -0.15) is 4.31 Å². The summed E-state index contributed by atoms with van der Waals surface area (Å²) in [6.07, 6.45) is 1.19. The Labute approximate surface area is 155 Å². The lowest BCUT2D eigenvalue weighted by atomic mass is 9.94. The predicted octanol–water partition coefficient (Wildman–Crippen LogP) is 1.82. The molecule has 7 nitrogen and oxygen atoms in total. The number of sulfonamides is 1. The normalized spacial score (nSPS) is 21.2. The first-order chi connectivity index (χ1) is 12.2. The molecular weight excluding hydrogens is 354 g/mol. The van der Waals surface area contributed by atoms with Crippen molar-refractivity contribution in [2.75, 3.05) is 25.0 Å². The van der Waals surface area contributed by atoms with E-state index >= 15 is 0 Å². The van der Waals surface area contributed by atoms with Crippen molar-refractivity contribution in [3.63, 3.8) is 0 Å². The summed E-state index contributed by atoms with van der Waals surface area (Å²) in [4.78, 5) is 22.8. The number of nitrogens with zero attached hydrogens (tertiary/aromatic N) is 1. The van der Waals surface area contributed by atoms with Gasteiger partial charge in [0.1, 0.15) is 0 Å². The zero-order chi connectivity index (χ0) is 19.3. The first-order valence-corrected chi connectivity index (χ1v) is 10.3. The number of carbonyl (C=O) groups is 2. The summed E-state index contributed by atoms with van der Waals surface area (Å²) in [7, 11) is -3.52. The van der Waals surface area contributed by atoms with E-state index in [2.05, 4.69) is 24.5 Å². The van der Waals surface area contributed by atoms with E-state index in [0.717, 1.165) is 6.42 Å². The second-order valence-corrected chi connectivity index (χ2v) is 9.01. The van der Waals surface area contributed by atoms with Crippen LogP contribution in [-0.4, -0.2) is 44.2 Å². The summed E-state index contributed by atoms with van der Waals surface area (Å²) in [5, 5.41) is 5.24. The van der Waals surface area contributed by atoms with E-state index in [4.69, 9.17) is 0 Å². The standard InChI is InChI=1S/C18H27N3O4S/c1-13-10-14(2)12-21(11-13)26(24,25)17-6-4-16(5-7-17)20-18(23)8-9-19-15(3)22/h4-7,13-14H,8-12H2,1-3H3,(H,19,22)(H,20,23). The first kappa shape index (κ1) is 20.4. The number of hydrogen-bond acceptors (Lipinski definition) is 4. The molecule has 2 amide bonds. The third-order valence-electron chi connectivity index (χ3n) is 4.34. The van der Waals surface area contributed by atoms with Gasteiger partial charge in [-0.25, -0.2) is 8.42 Å². The molecule has 2 atom stereocenters. The van der Waals surface area contributed by atoms with Crippen molar-refractivity contribution >= 4 is 27.5 Å². The number of rotatable bonds is 6. The van der Waals surface area contributed by atoms with Gasteiger partial charge in [-0.1, -0.05) is 13.8 Å². The number of nitrogens with one attached hydrogen (secondary N) is 2. The summed E-state index contributed by atoms with van der Waals surface area (Å²) in [6, 6.07) is 6.20. The van der Waals surface area contributed by atoms with Crippen LogP contribution in [0.25, 0.3) is 0 Å². The molecule has 144 valence electrons. The lowest BCUT2D eigenvalue weighted by Gasteiger charge is -2.34. The molecule has 1 saturated heterocycles. The molecule has 0 spiro atoms. The van der Waals surface area contributed by atoms with E-state index in [9.17, 15) is 18.0 Å². The fourth-order valence-corrected chi connectivity index (χ4v) is 4.92. The molecule has 0 saturated carbocycles. The van der Waals surface area contributed by atoms with Gasteiger partial charge in [-0.15, -0.1) is 0 Å². The molecule has 1 aromatic rings. The van der Waals surface area contributed by atoms with Crippen LogP contribution in [0, 0.1) is 11.8 Å². The average molecular weight is 381 g/mol. The number of carbonyl (C=O) groups excluding carboxylic acids is 2. The minimum absolute atomic E-state index is 0.156. The van der Waals surface area contributed by atoms with Crippen LogP contribution >= 0.6 is 0 Å². The molecule has 1 aliphatic heterocycles. The summed E-state index contributed by atoms with van der Waals surface area (Å²) in [5.41, 5.74) is 0.525. The van der Waals surface area contributed by atoms with Gasteiger partial charge in [-0.3, -0.25) is 9.59 Å². The van der Waals surface area contributed by atoms with Crippen molar-refractivity contribution in [1.82, 2.24) is 9.62 Å². The van der Waals surface area contributed by atoms with Crippen LogP contribution in [0.4, 0.5) is 5.69 Å². The van der Waals surface area contributed by atoms with Crippen molar-refractivity contribution in [2.24, 2.45) is 11.8 Å². The quantitative estimate of drug-likeness (QED) is 0.786. The van der Waals surface area contributed by atoms with E-state index in [-0.39, 0.29) is 29.7 Å². The average Bonchev–Trinajstić information content (AvgIpc) is 2.54. The fourth-order valence-electron chi connectivity index (χ4n) is 3.24. The molecule has 1 heterocycles. The van der Waals surface area contributed by atoms with Gasteiger partial charge < -0.3 is 10.6 Å². The smallest absolute Gasteiger partial charge is 0.243 e. The number of piperidine rings is 1. The van der Waals surface area contributed by atoms with Crippen molar-refractivity contribution in [3.05, 3.63) is 24.3 Å². The van der Waals surface area contributed by atoms with Crippen molar-refractivity contribution < 1.29 is 18.0 Å². The largest absolute Gasteiger partial charge is 0.356 e.